The van der Waals surface area contributed by atoms with Crippen LogP contribution in [0.3, 0.4) is 0 Å². The summed E-state index contributed by atoms with van der Waals surface area (Å²) in [5.74, 6) is -1.25. The normalized spacial score (nSPS) is 11.6. The number of halogens is 5. The molecule has 1 heterocycles. The molecule has 0 unspecified atom stereocenters. The summed E-state index contributed by atoms with van der Waals surface area (Å²) in [6.45, 7) is 0. The molecule has 2 rings (SSSR count). The van der Waals surface area contributed by atoms with E-state index in [-0.39, 0.29) is 10.8 Å². The Morgan fingerprint density at radius 1 is 1.11 bits per heavy atom. The maximum atomic E-state index is 12.5. The van der Waals surface area contributed by atoms with Crippen LogP contribution in [0.4, 0.5) is 13.2 Å². The minimum atomic E-state index is -4.62. The fourth-order valence-electron chi connectivity index (χ4n) is 1.34. The van der Waals surface area contributed by atoms with Crippen LogP contribution in [0.1, 0.15) is 5.82 Å². The Bertz CT molecular complexity index is 587. The van der Waals surface area contributed by atoms with Crippen molar-refractivity contribution in [2.24, 2.45) is 0 Å². The van der Waals surface area contributed by atoms with E-state index in [0.29, 0.717) is 5.56 Å². The average molecular weight is 338 g/mol. The molecule has 1 aromatic carbocycles. The van der Waals surface area contributed by atoms with Crippen molar-refractivity contribution < 1.29 is 13.2 Å². The first kappa shape index (κ1) is 13.3. The van der Waals surface area contributed by atoms with Crippen molar-refractivity contribution in [3.63, 3.8) is 0 Å². The molecule has 0 radical (unpaired) electrons. The van der Waals surface area contributed by atoms with E-state index in [0.717, 1.165) is 4.47 Å². The van der Waals surface area contributed by atoms with Crippen LogP contribution in [0.25, 0.3) is 11.3 Å². The van der Waals surface area contributed by atoms with Gasteiger partial charge in [0.15, 0.2) is 0 Å². The van der Waals surface area contributed by atoms with E-state index in [1.807, 2.05) is 0 Å². The van der Waals surface area contributed by atoms with Gasteiger partial charge in [-0.1, -0.05) is 39.7 Å². The Morgan fingerprint density at radius 3 is 2.44 bits per heavy atom. The zero-order valence-electron chi connectivity index (χ0n) is 8.67. The molecule has 94 valence electrons. The third kappa shape index (κ3) is 3.00. The summed E-state index contributed by atoms with van der Waals surface area (Å²) in [4.78, 5) is 6.65. The van der Waals surface area contributed by atoms with Gasteiger partial charge < -0.3 is 0 Å². The summed E-state index contributed by atoms with van der Waals surface area (Å²) in [5, 5.41) is -0.243. The number of hydrogen-bond acceptors (Lipinski definition) is 2. The Labute approximate surface area is 114 Å². The highest BCUT2D eigenvalue weighted by Gasteiger charge is 2.35. The highest BCUT2D eigenvalue weighted by Crippen LogP contribution is 2.30. The van der Waals surface area contributed by atoms with Gasteiger partial charge in [0.25, 0.3) is 0 Å². The number of nitrogens with zero attached hydrogens (tertiary/aromatic N) is 2. The minimum Gasteiger partial charge on any atom is -0.224 e. The minimum absolute atomic E-state index is 0.128. The Balaban J connectivity index is 2.55. The van der Waals surface area contributed by atoms with E-state index in [2.05, 4.69) is 25.9 Å². The van der Waals surface area contributed by atoms with Crippen LogP contribution in [0.5, 0.6) is 0 Å². The van der Waals surface area contributed by atoms with E-state index in [9.17, 15) is 13.2 Å². The lowest BCUT2D eigenvalue weighted by atomic mass is 10.1. The molecule has 0 bridgehead atoms. The van der Waals surface area contributed by atoms with Crippen molar-refractivity contribution in [3.8, 4) is 11.3 Å². The summed E-state index contributed by atoms with van der Waals surface area (Å²) in [5.41, 5.74) is 0.655. The summed E-state index contributed by atoms with van der Waals surface area (Å²) < 4.78 is 38.4. The van der Waals surface area contributed by atoms with Crippen molar-refractivity contribution in [3.05, 3.63) is 45.8 Å². The van der Waals surface area contributed by atoms with Crippen LogP contribution in [0, 0.1) is 0 Å². The van der Waals surface area contributed by atoms with Crippen LogP contribution < -0.4 is 0 Å². The number of benzene rings is 1. The van der Waals surface area contributed by atoms with Crippen LogP contribution in [0.2, 0.25) is 5.15 Å². The van der Waals surface area contributed by atoms with Gasteiger partial charge in [0, 0.05) is 16.1 Å². The zero-order chi connectivity index (χ0) is 13.3. The maximum absolute atomic E-state index is 12.5. The first-order valence-corrected chi connectivity index (χ1v) is 5.91. The molecule has 0 saturated heterocycles. The quantitative estimate of drug-likeness (QED) is 0.712. The molecule has 0 spiro atoms. The van der Waals surface area contributed by atoms with Crippen molar-refractivity contribution >= 4 is 27.5 Å². The summed E-state index contributed by atoms with van der Waals surface area (Å²) in [6, 6.07) is 8.04. The van der Waals surface area contributed by atoms with Crippen molar-refractivity contribution in [2.75, 3.05) is 0 Å². The molecular weight excluding hydrogens is 332 g/mol. The SMILES string of the molecule is FC(F)(F)c1nc(Cl)cc(-c2cccc(Br)c2)n1. The van der Waals surface area contributed by atoms with Gasteiger partial charge in [-0.2, -0.15) is 13.2 Å². The predicted molar refractivity (Wildman–Crippen MR) is 65.2 cm³/mol. The topological polar surface area (TPSA) is 25.8 Å². The number of aromatic nitrogens is 2. The number of rotatable bonds is 1. The van der Waals surface area contributed by atoms with Gasteiger partial charge in [-0.3, -0.25) is 0 Å². The first-order chi connectivity index (χ1) is 8.36. The molecule has 0 saturated carbocycles. The highest BCUT2D eigenvalue weighted by atomic mass is 79.9. The van der Waals surface area contributed by atoms with E-state index >= 15 is 0 Å². The monoisotopic (exact) mass is 336 g/mol. The maximum Gasteiger partial charge on any atom is 0.451 e. The van der Waals surface area contributed by atoms with Gasteiger partial charge >= 0.3 is 6.18 Å². The fraction of sp³-hybridized carbons (Fsp3) is 0.0909. The number of hydrogen-bond donors (Lipinski definition) is 0. The first-order valence-electron chi connectivity index (χ1n) is 4.74. The molecule has 0 aliphatic carbocycles. The average Bonchev–Trinajstić information content (AvgIpc) is 2.27. The van der Waals surface area contributed by atoms with E-state index < -0.39 is 12.0 Å². The third-order valence-corrected chi connectivity index (χ3v) is 2.76. The van der Waals surface area contributed by atoms with Gasteiger partial charge in [-0.25, -0.2) is 9.97 Å². The van der Waals surface area contributed by atoms with E-state index in [1.165, 1.54) is 6.07 Å². The summed E-state index contributed by atoms with van der Waals surface area (Å²) in [7, 11) is 0. The third-order valence-electron chi connectivity index (χ3n) is 2.07. The number of alkyl halides is 3. The molecule has 18 heavy (non-hydrogen) atoms. The van der Waals surface area contributed by atoms with Crippen LogP contribution >= 0.6 is 27.5 Å². The molecule has 0 aliphatic heterocycles. The zero-order valence-corrected chi connectivity index (χ0v) is 11.0. The van der Waals surface area contributed by atoms with E-state index in [1.54, 1.807) is 24.3 Å². The van der Waals surface area contributed by atoms with Crippen LogP contribution in [-0.2, 0) is 6.18 Å². The van der Waals surface area contributed by atoms with Gasteiger partial charge in [0.05, 0.1) is 5.69 Å². The molecular formula is C11H5BrClF3N2. The Hall–Kier alpha value is -1.14. The standard InChI is InChI=1S/C11H5BrClF3N2/c12-7-3-1-2-6(4-7)8-5-9(13)18-10(17-8)11(14,15)16/h1-5H. The Morgan fingerprint density at radius 2 is 1.83 bits per heavy atom. The lowest BCUT2D eigenvalue weighted by Gasteiger charge is -2.08. The Kier molecular flexibility index (Phi) is 3.59. The molecule has 2 nitrogen and oxygen atoms in total. The van der Waals surface area contributed by atoms with Gasteiger partial charge in [0.1, 0.15) is 5.15 Å². The largest absolute Gasteiger partial charge is 0.451 e. The van der Waals surface area contributed by atoms with Gasteiger partial charge in [-0.05, 0) is 12.1 Å². The summed E-state index contributed by atoms with van der Waals surface area (Å²) in [6.07, 6.45) is -4.62. The predicted octanol–water partition coefficient (Wildman–Crippen LogP) is 4.58. The van der Waals surface area contributed by atoms with Crippen molar-refractivity contribution in [1.29, 1.82) is 0 Å². The van der Waals surface area contributed by atoms with E-state index in [4.69, 9.17) is 11.6 Å². The second-order valence-electron chi connectivity index (χ2n) is 3.41. The second kappa shape index (κ2) is 4.85. The lowest BCUT2D eigenvalue weighted by Crippen LogP contribution is -2.11. The van der Waals surface area contributed by atoms with Crippen LogP contribution in [-0.4, -0.2) is 9.97 Å². The lowest BCUT2D eigenvalue weighted by molar-refractivity contribution is -0.144. The molecule has 0 fully saturated rings. The van der Waals surface area contributed by atoms with Gasteiger partial charge in [-0.15, -0.1) is 0 Å². The van der Waals surface area contributed by atoms with Crippen LogP contribution in [0.15, 0.2) is 34.8 Å². The molecule has 1 aromatic heterocycles. The second-order valence-corrected chi connectivity index (χ2v) is 4.71. The highest BCUT2D eigenvalue weighted by molar-refractivity contribution is 9.10. The molecule has 2 aromatic rings. The molecule has 0 atom stereocenters. The van der Waals surface area contributed by atoms with Crippen molar-refractivity contribution in [1.82, 2.24) is 9.97 Å². The molecule has 0 aliphatic rings. The van der Waals surface area contributed by atoms with Crippen molar-refractivity contribution in [2.45, 2.75) is 6.18 Å². The smallest absolute Gasteiger partial charge is 0.224 e. The fourth-order valence-corrected chi connectivity index (χ4v) is 1.92. The molecule has 0 amide bonds. The van der Waals surface area contributed by atoms with Gasteiger partial charge in [0.2, 0.25) is 5.82 Å². The summed E-state index contributed by atoms with van der Waals surface area (Å²) >= 11 is 8.82. The molecule has 7 heteroatoms. The molecule has 0 N–H and O–H groups in total.